The van der Waals surface area contributed by atoms with E-state index >= 15 is 0 Å². The zero-order valence-corrected chi connectivity index (χ0v) is 15.6. The molecule has 0 bridgehead atoms. The molecule has 0 saturated heterocycles. The van der Waals surface area contributed by atoms with Crippen molar-refractivity contribution in [2.24, 2.45) is 0 Å². The number of nitrogens with one attached hydrogen (secondary N) is 2. The normalized spacial score (nSPS) is 10.1. The summed E-state index contributed by atoms with van der Waals surface area (Å²) in [4.78, 5) is 12.3. The van der Waals surface area contributed by atoms with Gasteiger partial charge in [-0.3, -0.25) is 10.1 Å². The minimum absolute atomic E-state index is 0.0339. The van der Waals surface area contributed by atoms with Crippen molar-refractivity contribution >= 4 is 52.1 Å². The Labute approximate surface area is 159 Å². The number of hydrogen-bond donors (Lipinski definition) is 3. The standard InChI is InChI=1S/C16H14Cl2N2O4S/c1-23-12-4-3-8(5-13(12)24-2)15(22)20-16(25)19-11-7-9(17)6-10(18)14(11)21/h3-7,21H,1-2H3,(H2,19,20,22,25). The van der Waals surface area contributed by atoms with E-state index in [1.165, 1.54) is 32.4 Å². The van der Waals surface area contributed by atoms with Gasteiger partial charge >= 0.3 is 0 Å². The van der Waals surface area contributed by atoms with E-state index in [2.05, 4.69) is 10.6 Å². The van der Waals surface area contributed by atoms with Crippen LogP contribution in [0.15, 0.2) is 30.3 Å². The average molecular weight is 401 g/mol. The highest BCUT2D eigenvalue weighted by atomic mass is 35.5. The summed E-state index contributed by atoms with van der Waals surface area (Å²) in [7, 11) is 2.97. The zero-order valence-electron chi connectivity index (χ0n) is 13.2. The molecule has 2 aromatic rings. The van der Waals surface area contributed by atoms with Crippen molar-refractivity contribution in [1.29, 1.82) is 0 Å². The van der Waals surface area contributed by atoms with Crippen LogP contribution in [0, 0.1) is 0 Å². The second-order valence-corrected chi connectivity index (χ2v) is 6.01. The predicted octanol–water partition coefficient (Wildman–Crippen LogP) is 3.84. The number of amides is 1. The number of aromatic hydroxyl groups is 1. The number of anilines is 1. The molecule has 9 heteroatoms. The molecule has 132 valence electrons. The summed E-state index contributed by atoms with van der Waals surface area (Å²) in [6.07, 6.45) is 0. The molecule has 2 aromatic carbocycles. The molecule has 0 spiro atoms. The van der Waals surface area contributed by atoms with Crippen LogP contribution in [0.3, 0.4) is 0 Å². The van der Waals surface area contributed by atoms with Crippen LogP contribution in [-0.2, 0) is 0 Å². The lowest BCUT2D eigenvalue weighted by Gasteiger charge is -2.13. The fraction of sp³-hybridized carbons (Fsp3) is 0.125. The molecule has 0 radical (unpaired) electrons. The van der Waals surface area contributed by atoms with Gasteiger partial charge in [-0.2, -0.15) is 0 Å². The summed E-state index contributed by atoms with van der Waals surface area (Å²) < 4.78 is 10.3. The first-order valence-electron chi connectivity index (χ1n) is 6.88. The van der Waals surface area contributed by atoms with Crippen molar-refractivity contribution < 1.29 is 19.4 Å². The highest BCUT2D eigenvalue weighted by Gasteiger charge is 2.14. The number of benzene rings is 2. The number of phenolic OH excluding ortho intramolecular Hbond substituents is 1. The number of ether oxygens (including phenoxy) is 2. The SMILES string of the molecule is COc1ccc(C(=O)NC(=S)Nc2cc(Cl)cc(Cl)c2O)cc1OC. The Balaban J connectivity index is 2.12. The van der Waals surface area contributed by atoms with E-state index in [4.69, 9.17) is 44.9 Å². The van der Waals surface area contributed by atoms with Gasteiger partial charge in [0.2, 0.25) is 0 Å². The van der Waals surface area contributed by atoms with Crippen LogP contribution < -0.4 is 20.1 Å². The summed E-state index contributed by atoms with van der Waals surface area (Å²) in [6, 6.07) is 7.50. The molecule has 0 saturated carbocycles. The maximum atomic E-state index is 12.3. The quantitative estimate of drug-likeness (QED) is 0.534. The Bertz CT molecular complexity index is 830. The summed E-state index contributed by atoms with van der Waals surface area (Å²) in [5.74, 6) is 0.214. The van der Waals surface area contributed by atoms with Crippen LogP contribution in [0.25, 0.3) is 0 Å². The number of hydrogen-bond acceptors (Lipinski definition) is 5. The third-order valence-electron chi connectivity index (χ3n) is 3.15. The third-order valence-corrected chi connectivity index (χ3v) is 3.86. The van der Waals surface area contributed by atoms with Crippen LogP contribution in [0.1, 0.15) is 10.4 Å². The van der Waals surface area contributed by atoms with Crippen molar-refractivity contribution in [3.05, 3.63) is 45.9 Å². The Morgan fingerprint density at radius 3 is 2.44 bits per heavy atom. The van der Waals surface area contributed by atoms with Gasteiger partial charge in [0.25, 0.3) is 5.91 Å². The molecule has 0 unspecified atom stereocenters. The highest BCUT2D eigenvalue weighted by molar-refractivity contribution is 7.80. The number of halogens is 2. The maximum Gasteiger partial charge on any atom is 0.257 e. The largest absolute Gasteiger partial charge is 0.504 e. The van der Waals surface area contributed by atoms with Crippen molar-refractivity contribution in [3.63, 3.8) is 0 Å². The third kappa shape index (κ3) is 4.66. The van der Waals surface area contributed by atoms with E-state index in [0.717, 1.165) is 0 Å². The lowest BCUT2D eigenvalue weighted by Crippen LogP contribution is -2.34. The topological polar surface area (TPSA) is 79.8 Å². The maximum absolute atomic E-state index is 12.3. The summed E-state index contributed by atoms with van der Waals surface area (Å²) in [5.41, 5.74) is 0.491. The van der Waals surface area contributed by atoms with Crippen molar-refractivity contribution in [2.75, 3.05) is 19.5 Å². The molecule has 0 fully saturated rings. The van der Waals surface area contributed by atoms with Crippen molar-refractivity contribution in [2.45, 2.75) is 0 Å². The van der Waals surface area contributed by atoms with Gasteiger partial charge in [-0.15, -0.1) is 0 Å². The van der Waals surface area contributed by atoms with Gasteiger partial charge in [0.05, 0.1) is 24.9 Å². The first-order valence-corrected chi connectivity index (χ1v) is 8.04. The molecule has 3 N–H and O–H groups in total. The van der Waals surface area contributed by atoms with Gasteiger partial charge in [-0.05, 0) is 42.5 Å². The molecular formula is C16H14Cl2N2O4S. The molecule has 0 aliphatic heterocycles. The van der Waals surface area contributed by atoms with E-state index in [0.29, 0.717) is 22.1 Å². The van der Waals surface area contributed by atoms with Gasteiger partial charge in [0, 0.05) is 10.6 Å². The van der Waals surface area contributed by atoms with Gasteiger partial charge in [0.1, 0.15) is 0 Å². The van der Waals surface area contributed by atoms with Crippen LogP contribution >= 0.6 is 35.4 Å². The summed E-state index contributed by atoms with van der Waals surface area (Å²) in [5, 5.41) is 15.4. The fourth-order valence-corrected chi connectivity index (χ4v) is 2.66. The monoisotopic (exact) mass is 400 g/mol. The predicted molar refractivity (Wildman–Crippen MR) is 101 cm³/mol. The minimum atomic E-state index is -0.467. The van der Waals surface area contributed by atoms with Crippen molar-refractivity contribution in [1.82, 2.24) is 5.32 Å². The second-order valence-electron chi connectivity index (χ2n) is 4.76. The molecule has 25 heavy (non-hydrogen) atoms. The molecular weight excluding hydrogens is 387 g/mol. The zero-order chi connectivity index (χ0) is 18.6. The van der Waals surface area contributed by atoms with E-state index in [1.807, 2.05) is 0 Å². The van der Waals surface area contributed by atoms with E-state index in [-0.39, 0.29) is 21.6 Å². The first-order chi connectivity index (χ1) is 11.8. The van der Waals surface area contributed by atoms with Crippen LogP contribution in [0.5, 0.6) is 17.2 Å². The highest BCUT2D eigenvalue weighted by Crippen LogP contribution is 2.35. The number of carbonyl (C=O) groups excluding carboxylic acids is 1. The number of rotatable bonds is 4. The number of thiocarbonyl (C=S) groups is 1. The van der Waals surface area contributed by atoms with Crippen LogP contribution in [0.2, 0.25) is 10.0 Å². The minimum Gasteiger partial charge on any atom is -0.504 e. The van der Waals surface area contributed by atoms with E-state index in [1.54, 1.807) is 12.1 Å². The van der Waals surface area contributed by atoms with Gasteiger partial charge in [0.15, 0.2) is 22.4 Å². The molecule has 0 aromatic heterocycles. The van der Waals surface area contributed by atoms with Crippen LogP contribution in [-0.4, -0.2) is 30.3 Å². The first kappa shape index (κ1) is 19.1. The molecule has 1 amide bonds. The second kappa shape index (κ2) is 8.24. The smallest absolute Gasteiger partial charge is 0.257 e. The van der Waals surface area contributed by atoms with Crippen LogP contribution in [0.4, 0.5) is 5.69 Å². The van der Waals surface area contributed by atoms with E-state index in [9.17, 15) is 9.90 Å². The lowest BCUT2D eigenvalue weighted by atomic mass is 10.2. The lowest BCUT2D eigenvalue weighted by molar-refractivity contribution is 0.0977. The molecule has 0 aliphatic rings. The Kier molecular flexibility index (Phi) is 6.30. The van der Waals surface area contributed by atoms with Gasteiger partial charge in [-0.1, -0.05) is 23.2 Å². The summed E-state index contributed by atoms with van der Waals surface area (Å²) >= 11 is 16.8. The van der Waals surface area contributed by atoms with E-state index < -0.39 is 5.91 Å². The Morgan fingerprint density at radius 2 is 1.80 bits per heavy atom. The van der Waals surface area contributed by atoms with Gasteiger partial charge in [-0.25, -0.2) is 0 Å². The number of methoxy groups -OCH3 is 2. The molecule has 0 aliphatic carbocycles. The Hall–Kier alpha value is -2.22. The fourth-order valence-electron chi connectivity index (χ4n) is 1.97. The van der Waals surface area contributed by atoms with Gasteiger partial charge < -0.3 is 19.9 Å². The summed E-state index contributed by atoms with van der Waals surface area (Å²) in [6.45, 7) is 0. The number of phenols is 1. The number of carbonyl (C=O) groups is 1. The van der Waals surface area contributed by atoms with Crippen molar-refractivity contribution in [3.8, 4) is 17.2 Å². The molecule has 6 nitrogen and oxygen atoms in total. The molecule has 0 atom stereocenters. The Morgan fingerprint density at radius 1 is 1.12 bits per heavy atom. The average Bonchev–Trinajstić information content (AvgIpc) is 2.58. The molecule has 2 rings (SSSR count). The molecule has 0 heterocycles.